The molecule has 1 aliphatic rings. The molecule has 2 nitrogen and oxygen atoms in total. The van der Waals surface area contributed by atoms with E-state index >= 15 is 0 Å². The highest BCUT2D eigenvalue weighted by molar-refractivity contribution is 9.10. The summed E-state index contributed by atoms with van der Waals surface area (Å²) >= 11 is 3.39. The monoisotopic (exact) mass is 334 g/mol. The Balaban J connectivity index is 1.81. The number of nitrogens with zero attached hydrogens (tertiary/aromatic N) is 1. The van der Waals surface area contributed by atoms with Crippen LogP contribution in [-0.2, 0) is 19.5 Å². The number of nitrogens with two attached hydrogens (primary N) is 1. The Hall–Kier alpha value is -1.39. The van der Waals surface area contributed by atoms with Crippen molar-refractivity contribution in [1.29, 1.82) is 0 Å². The lowest BCUT2D eigenvalue weighted by Gasteiger charge is -2.29. The lowest BCUT2D eigenvalue weighted by Crippen LogP contribution is -2.31. The second kappa shape index (κ2) is 5.54. The van der Waals surface area contributed by atoms with Gasteiger partial charge in [0, 0.05) is 35.4 Å². The quantitative estimate of drug-likeness (QED) is 0.848. The van der Waals surface area contributed by atoms with Gasteiger partial charge in [0.15, 0.2) is 0 Å². The summed E-state index contributed by atoms with van der Waals surface area (Å²) in [5, 5.41) is 0. The van der Waals surface area contributed by atoms with Crippen molar-refractivity contribution in [3.8, 4) is 0 Å². The van der Waals surface area contributed by atoms with Crippen molar-refractivity contribution < 1.29 is 4.39 Å². The second-order valence-electron chi connectivity index (χ2n) is 5.18. The maximum Gasteiger partial charge on any atom is 0.127 e. The molecule has 3 rings (SSSR count). The Morgan fingerprint density at radius 2 is 2.10 bits per heavy atom. The van der Waals surface area contributed by atoms with Gasteiger partial charge < -0.3 is 5.73 Å². The highest BCUT2D eigenvalue weighted by Gasteiger charge is 2.19. The van der Waals surface area contributed by atoms with Crippen molar-refractivity contribution in [2.75, 3.05) is 12.3 Å². The minimum absolute atomic E-state index is 0.153. The van der Waals surface area contributed by atoms with Gasteiger partial charge in [0.05, 0.1) is 0 Å². The molecular formula is C16H16BrFN2. The Morgan fingerprint density at radius 1 is 1.25 bits per heavy atom. The van der Waals surface area contributed by atoms with Crippen LogP contribution in [0.2, 0.25) is 0 Å². The van der Waals surface area contributed by atoms with Gasteiger partial charge in [-0.05, 0) is 41.8 Å². The van der Waals surface area contributed by atoms with Crippen molar-refractivity contribution >= 4 is 21.6 Å². The summed E-state index contributed by atoms with van der Waals surface area (Å²) in [5.41, 5.74) is 10.1. The van der Waals surface area contributed by atoms with Crippen molar-refractivity contribution in [2.45, 2.75) is 19.5 Å². The van der Waals surface area contributed by atoms with Gasteiger partial charge in [0.2, 0.25) is 0 Å². The number of hydrogen-bond acceptors (Lipinski definition) is 2. The third-order valence-corrected chi connectivity index (χ3v) is 4.28. The number of nitrogen functional groups attached to an aromatic ring is 1. The molecule has 0 radical (unpaired) electrons. The number of anilines is 1. The molecule has 0 bridgehead atoms. The predicted molar refractivity (Wildman–Crippen MR) is 82.8 cm³/mol. The highest BCUT2D eigenvalue weighted by atomic mass is 79.9. The lowest BCUT2D eigenvalue weighted by molar-refractivity contribution is 0.243. The topological polar surface area (TPSA) is 29.3 Å². The molecule has 0 saturated carbocycles. The van der Waals surface area contributed by atoms with E-state index in [-0.39, 0.29) is 5.82 Å². The lowest BCUT2D eigenvalue weighted by atomic mass is 9.98. The van der Waals surface area contributed by atoms with Crippen LogP contribution in [0.3, 0.4) is 0 Å². The van der Waals surface area contributed by atoms with E-state index in [2.05, 4.69) is 26.9 Å². The molecule has 0 amide bonds. The van der Waals surface area contributed by atoms with E-state index < -0.39 is 0 Å². The molecule has 0 aromatic heterocycles. The van der Waals surface area contributed by atoms with Crippen molar-refractivity contribution in [1.82, 2.24) is 4.90 Å². The maximum absolute atomic E-state index is 13.8. The minimum Gasteiger partial charge on any atom is -0.398 e. The molecule has 0 fully saturated rings. The van der Waals surface area contributed by atoms with E-state index in [0.717, 1.165) is 35.2 Å². The molecule has 20 heavy (non-hydrogen) atoms. The van der Waals surface area contributed by atoms with Crippen molar-refractivity contribution in [2.24, 2.45) is 0 Å². The van der Waals surface area contributed by atoms with Crippen LogP contribution in [0.1, 0.15) is 16.7 Å². The SMILES string of the molecule is Nc1cccc2c1CN(Cc1cc(Br)ccc1F)CC2. The molecule has 0 atom stereocenters. The smallest absolute Gasteiger partial charge is 0.127 e. The van der Waals surface area contributed by atoms with Crippen molar-refractivity contribution in [3.63, 3.8) is 0 Å². The summed E-state index contributed by atoms with van der Waals surface area (Å²) in [7, 11) is 0. The fourth-order valence-corrected chi connectivity index (χ4v) is 3.11. The van der Waals surface area contributed by atoms with Gasteiger partial charge in [-0.1, -0.05) is 28.1 Å². The summed E-state index contributed by atoms with van der Waals surface area (Å²) in [6.45, 7) is 2.33. The Kier molecular flexibility index (Phi) is 3.76. The van der Waals surface area contributed by atoms with Crippen molar-refractivity contribution in [3.05, 3.63) is 63.4 Å². The molecule has 4 heteroatoms. The van der Waals surface area contributed by atoms with E-state index in [1.807, 2.05) is 18.2 Å². The number of fused-ring (bicyclic) bond motifs is 1. The predicted octanol–water partition coefficient (Wildman–Crippen LogP) is 3.73. The molecule has 104 valence electrons. The van der Waals surface area contributed by atoms with E-state index in [9.17, 15) is 4.39 Å². The van der Waals surface area contributed by atoms with E-state index in [1.54, 1.807) is 6.07 Å². The van der Waals surface area contributed by atoms with Crippen LogP contribution in [0.15, 0.2) is 40.9 Å². The number of hydrogen-bond donors (Lipinski definition) is 1. The van der Waals surface area contributed by atoms with Gasteiger partial charge in [-0.3, -0.25) is 4.90 Å². The van der Waals surface area contributed by atoms with E-state index in [0.29, 0.717) is 6.54 Å². The molecule has 1 aliphatic heterocycles. The standard InChI is InChI=1S/C16H16BrFN2/c17-13-4-5-15(18)12(8-13)9-20-7-6-11-2-1-3-16(19)14(11)10-20/h1-5,8H,6-7,9-10,19H2. The third-order valence-electron chi connectivity index (χ3n) is 3.79. The third kappa shape index (κ3) is 2.72. The first-order valence-corrected chi connectivity index (χ1v) is 7.45. The summed E-state index contributed by atoms with van der Waals surface area (Å²) < 4.78 is 14.7. The Morgan fingerprint density at radius 3 is 2.95 bits per heavy atom. The molecule has 1 heterocycles. The fourth-order valence-electron chi connectivity index (χ4n) is 2.70. The molecule has 2 aromatic rings. The van der Waals surface area contributed by atoms with E-state index in [4.69, 9.17) is 5.73 Å². The Bertz CT molecular complexity index is 642. The molecule has 0 unspecified atom stereocenters. The average Bonchev–Trinajstić information content (AvgIpc) is 2.44. The number of benzene rings is 2. The maximum atomic E-state index is 13.8. The summed E-state index contributed by atoms with van der Waals surface area (Å²) in [6.07, 6.45) is 0.968. The van der Waals surface area contributed by atoms with Gasteiger partial charge in [-0.25, -0.2) is 4.39 Å². The number of rotatable bonds is 2. The van der Waals surface area contributed by atoms with Crippen LogP contribution in [0.4, 0.5) is 10.1 Å². The molecule has 0 saturated heterocycles. The van der Waals surface area contributed by atoms with Crippen LogP contribution < -0.4 is 5.73 Å². The van der Waals surface area contributed by atoms with Gasteiger partial charge in [-0.15, -0.1) is 0 Å². The van der Waals surface area contributed by atoms with Crippen LogP contribution in [-0.4, -0.2) is 11.4 Å². The first kappa shape index (κ1) is 13.6. The van der Waals surface area contributed by atoms with Crippen LogP contribution in [0.25, 0.3) is 0 Å². The fraction of sp³-hybridized carbons (Fsp3) is 0.250. The normalized spacial score (nSPS) is 15.1. The minimum atomic E-state index is -0.153. The molecule has 0 spiro atoms. The van der Waals surface area contributed by atoms with E-state index in [1.165, 1.54) is 17.2 Å². The zero-order valence-electron chi connectivity index (χ0n) is 11.1. The first-order chi connectivity index (χ1) is 9.63. The summed E-state index contributed by atoms with van der Waals surface area (Å²) in [6, 6.07) is 11.1. The second-order valence-corrected chi connectivity index (χ2v) is 6.10. The average molecular weight is 335 g/mol. The molecular weight excluding hydrogens is 319 g/mol. The van der Waals surface area contributed by atoms with Gasteiger partial charge in [-0.2, -0.15) is 0 Å². The zero-order valence-corrected chi connectivity index (χ0v) is 12.7. The Labute approximate surface area is 126 Å². The largest absolute Gasteiger partial charge is 0.398 e. The van der Waals surface area contributed by atoms with Crippen LogP contribution in [0, 0.1) is 5.82 Å². The van der Waals surface area contributed by atoms with Crippen LogP contribution in [0.5, 0.6) is 0 Å². The number of halogens is 2. The molecule has 2 aromatic carbocycles. The van der Waals surface area contributed by atoms with Gasteiger partial charge >= 0.3 is 0 Å². The highest BCUT2D eigenvalue weighted by Crippen LogP contribution is 2.26. The zero-order chi connectivity index (χ0) is 14.1. The molecule has 0 aliphatic carbocycles. The van der Waals surface area contributed by atoms with Gasteiger partial charge in [0.1, 0.15) is 5.82 Å². The molecule has 2 N–H and O–H groups in total. The van der Waals surface area contributed by atoms with Crippen LogP contribution >= 0.6 is 15.9 Å². The first-order valence-electron chi connectivity index (χ1n) is 6.66. The van der Waals surface area contributed by atoms with Gasteiger partial charge in [0.25, 0.3) is 0 Å². The summed E-state index contributed by atoms with van der Waals surface area (Å²) in [4.78, 5) is 2.24. The summed E-state index contributed by atoms with van der Waals surface area (Å²) in [5.74, 6) is -0.153.